The van der Waals surface area contributed by atoms with Crippen LogP contribution >= 0.6 is 0 Å². The maximum atomic E-state index is 13.2. The Kier molecular flexibility index (Phi) is 7.41. The van der Waals surface area contributed by atoms with Gasteiger partial charge in [0.05, 0.1) is 5.56 Å². The number of anilines is 1. The Bertz CT molecular complexity index is 786. The van der Waals surface area contributed by atoms with Crippen LogP contribution in [-0.4, -0.2) is 74.1 Å². The molecular weight excluding hydrogens is 447 g/mol. The van der Waals surface area contributed by atoms with E-state index in [0.717, 1.165) is 29.9 Å². The molecule has 1 amide bonds. The lowest BCUT2D eigenvalue weighted by Crippen LogP contribution is -2.50. The molecule has 2 heterocycles. The number of hydrogen-bond donors (Lipinski definition) is 0. The molecule has 1 unspecified atom stereocenters. The first-order valence-corrected chi connectivity index (χ1v) is 10.2. The summed E-state index contributed by atoms with van der Waals surface area (Å²) in [5.41, 5.74) is 0.517. The molecule has 0 bridgehead atoms. The first-order valence-electron chi connectivity index (χ1n) is 10.2. The van der Waals surface area contributed by atoms with Gasteiger partial charge in [-0.25, -0.2) is 9.18 Å². The predicted octanol–water partition coefficient (Wildman–Crippen LogP) is 4.46. The van der Waals surface area contributed by atoms with E-state index in [0.29, 0.717) is 44.0 Å². The zero-order valence-corrected chi connectivity index (χ0v) is 17.2. The lowest BCUT2D eigenvalue weighted by molar-refractivity contribution is -0.209. The van der Waals surface area contributed by atoms with Crippen molar-refractivity contribution >= 4 is 11.8 Å². The van der Waals surface area contributed by atoms with E-state index < -0.39 is 36.8 Å². The molecule has 32 heavy (non-hydrogen) atoms. The lowest BCUT2D eigenvalue weighted by atomic mass is 10.1. The molecule has 3 rings (SSSR count). The number of nitrogens with zero attached hydrogens (tertiary/aromatic N) is 3. The van der Waals surface area contributed by atoms with Crippen molar-refractivity contribution in [1.82, 2.24) is 9.80 Å². The molecule has 2 saturated heterocycles. The fourth-order valence-electron chi connectivity index (χ4n) is 3.84. The Labute approximate surface area is 180 Å². The van der Waals surface area contributed by atoms with Crippen LogP contribution in [0.1, 0.15) is 24.0 Å². The number of ether oxygens (including phenoxy) is 1. The summed E-state index contributed by atoms with van der Waals surface area (Å²) in [6.45, 7) is 0.533. The van der Waals surface area contributed by atoms with Gasteiger partial charge < -0.3 is 14.5 Å². The van der Waals surface area contributed by atoms with Crippen molar-refractivity contribution in [2.45, 2.75) is 37.8 Å². The van der Waals surface area contributed by atoms with Gasteiger partial charge in [-0.2, -0.15) is 26.3 Å². The molecule has 5 nitrogen and oxygen atoms in total. The largest absolute Gasteiger partial charge is 0.434 e. The maximum Gasteiger partial charge on any atom is 0.428 e. The zero-order chi connectivity index (χ0) is 23.5. The molecule has 1 atom stereocenters. The minimum atomic E-state index is -4.99. The number of rotatable bonds is 5. The Morgan fingerprint density at radius 2 is 1.59 bits per heavy atom. The first-order chi connectivity index (χ1) is 15.0. The summed E-state index contributed by atoms with van der Waals surface area (Å²) in [6, 6.07) is 3.64. The van der Waals surface area contributed by atoms with Crippen LogP contribution in [-0.2, 0) is 17.5 Å². The van der Waals surface area contributed by atoms with E-state index in [1.165, 1.54) is 6.07 Å². The van der Waals surface area contributed by atoms with Crippen molar-refractivity contribution in [1.29, 1.82) is 0 Å². The van der Waals surface area contributed by atoms with Crippen molar-refractivity contribution in [2.24, 2.45) is 0 Å². The standard InChI is InChI=1S/C20H24F7N3O2/c21-12-17(20(25,26)27)32-18(31)30-9-7-28(8-10-30)13-14-3-4-15(19(22,23)24)11-16(14)29-5-1-2-6-29/h3-4,11,17H,1-2,5-10,12-13H2. The van der Waals surface area contributed by atoms with E-state index in [2.05, 4.69) is 4.74 Å². The third-order valence-corrected chi connectivity index (χ3v) is 5.63. The quantitative estimate of drug-likeness (QED) is 0.595. The summed E-state index contributed by atoms with van der Waals surface area (Å²) in [5, 5.41) is 0. The molecule has 2 aliphatic heterocycles. The van der Waals surface area contributed by atoms with E-state index in [4.69, 9.17) is 0 Å². The lowest BCUT2D eigenvalue weighted by Gasteiger charge is -2.35. The summed E-state index contributed by atoms with van der Waals surface area (Å²) < 4.78 is 94.1. The van der Waals surface area contributed by atoms with Gasteiger partial charge in [-0.15, -0.1) is 0 Å². The van der Waals surface area contributed by atoms with Crippen molar-refractivity contribution in [2.75, 3.05) is 50.8 Å². The van der Waals surface area contributed by atoms with Crippen LogP contribution in [0.5, 0.6) is 0 Å². The van der Waals surface area contributed by atoms with Gasteiger partial charge in [0.2, 0.25) is 6.10 Å². The van der Waals surface area contributed by atoms with E-state index in [1.807, 2.05) is 9.80 Å². The van der Waals surface area contributed by atoms with E-state index in [9.17, 15) is 35.5 Å². The second-order valence-electron chi connectivity index (χ2n) is 7.87. The van der Waals surface area contributed by atoms with Crippen LogP contribution < -0.4 is 4.90 Å². The first kappa shape index (κ1) is 24.4. The Morgan fingerprint density at radius 1 is 0.969 bits per heavy atom. The van der Waals surface area contributed by atoms with Crippen LogP contribution in [0.25, 0.3) is 0 Å². The third kappa shape index (κ3) is 5.96. The number of amides is 1. The highest BCUT2D eigenvalue weighted by Crippen LogP contribution is 2.35. The fourth-order valence-corrected chi connectivity index (χ4v) is 3.84. The second kappa shape index (κ2) is 9.72. The molecule has 0 aromatic heterocycles. The molecule has 2 aliphatic rings. The number of carbonyl (C=O) groups excluding carboxylic acids is 1. The van der Waals surface area contributed by atoms with Gasteiger partial charge in [0, 0.05) is 51.5 Å². The number of carbonyl (C=O) groups is 1. The summed E-state index contributed by atoms with van der Waals surface area (Å²) in [7, 11) is 0. The van der Waals surface area contributed by atoms with Gasteiger partial charge in [0.15, 0.2) is 0 Å². The van der Waals surface area contributed by atoms with Gasteiger partial charge in [-0.05, 0) is 30.5 Å². The van der Waals surface area contributed by atoms with E-state index >= 15 is 0 Å². The molecule has 0 saturated carbocycles. The molecule has 2 fully saturated rings. The van der Waals surface area contributed by atoms with Crippen LogP contribution in [0.3, 0.4) is 0 Å². The predicted molar refractivity (Wildman–Crippen MR) is 102 cm³/mol. The molecule has 180 valence electrons. The minimum Gasteiger partial charge on any atom is -0.434 e. The highest BCUT2D eigenvalue weighted by molar-refractivity contribution is 5.68. The van der Waals surface area contributed by atoms with Crippen molar-refractivity contribution < 1.29 is 40.3 Å². The van der Waals surface area contributed by atoms with Gasteiger partial charge in [-0.3, -0.25) is 4.90 Å². The summed E-state index contributed by atoms with van der Waals surface area (Å²) >= 11 is 0. The van der Waals surface area contributed by atoms with Gasteiger partial charge in [0.25, 0.3) is 0 Å². The molecule has 12 heteroatoms. The molecule has 0 aliphatic carbocycles. The van der Waals surface area contributed by atoms with Crippen molar-refractivity contribution in [3.05, 3.63) is 29.3 Å². The van der Waals surface area contributed by atoms with Crippen LogP contribution in [0.4, 0.5) is 41.2 Å². The molecule has 1 aromatic carbocycles. The second-order valence-corrected chi connectivity index (χ2v) is 7.87. The van der Waals surface area contributed by atoms with Gasteiger partial charge >= 0.3 is 18.4 Å². The molecular formula is C20H24F7N3O2. The van der Waals surface area contributed by atoms with E-state index in [1.54, 1.807) is 0 Å². The molecule has 0 spiro atoms. The Balaban J connectivity index is 1.63. The minimum absolute atomic E-state index is 0.0649. The highest BCUT2D eigenvalue weighted by atomic mass is 19.4. The number of alkyl halides is 7. The van der Waals surface area contributed by atoms with E-state index in [-0.39, 0.29) is 13.1 Å². The maximum absolute atomic E-state index is 13.2. The van der Waals surface area contributed by atoms with Crippen molar-refractivity contribution in [3.63, 3.8) is 0 Å². The number of hydrogen-bond acceptors (Lipinski definition) is 4. The molecule has 0 radical (unpaired) electrons. The smallest absolute Gasteiger partial charge is 0.428 e. The van der Waals surface area contributed by atoms with Crippen molar-refractivity contribution in [3.8, 4) is 0 Å². The summed E-state index contributed by atoms with van der Waals surface area (Å²) in [4.78, 5) is 16.8. The number of piperazine rings is 1. The summed E-state index contributed by atoms with van der Waals surface area (Å²) in [5.74, 6) is 0. The highest BCUT2D eigenvalue weighted by Gasteiger charge is 2.44. The van der Waals surface area contributed by atoms with Crippen LogP contribution in [0.15, 0.2) is 18.2 Å². The number of benzene rings is 1. The average molecular weight is 471 g/mol. The monoisotopic (exact) mass is 471 g/mol. The van der Waals surface area contributed by atoms with Crippen LogP contribution in [0, 0.1) is 0 Å². The third-order valence-electron chi connectivity index (χ3n) is 5.63. The van der Waals surface area contributed by atoms with Crippen LogP contribution in [0.2, 0.25) is 0 Å². The number of halogens is 7. The normalized spacial score (nSPS) is 19.3. The fraction of sp³-hybridized carbons (Fsp3) is 0.650. The molecule has 0 N–H and O–H groups in total. The van der Waals surface area contributed by atoms with Gasteiger partial charge in [-0.1, -0.05) is 6.07 Å². The summed E-state index contributed by atoms with van der Waals surface area (Å²) in [6.07, 6.45) is -11.7. The Morgan fingerprint density at radius 3 is 2.12 bits per heavy atom. The van der Waals surface area contributed by atoms with Gasteiger partial charge in [0.1, 0.15) is 6.67 Å². The average Bonchev–Trinajstić information content (AvgIpc) is 3.25. The Hall–Kier alpha value is -2.24. The SMILES string of the molecule is O=C(OC(CF)C(F)(F)F)N1CCN(Cc2ccc(C(F)(F)F)cc2N2CCCC2)CC1. The topological polar surface area (TPSA) is 36.0 Å². The zero-order valence-electron chi connectivity index (χ0n) is 17.2. The molecule has 1 aromatic rings.